The van der Waals surface area contributed by atoms with E-state index in [0.717, 1.165) is 19.5 Å². The lowest BCUT2D eigenvalue weighted by Crippen LogP contribution is -2.27. The van der Waals surface area contributed by atoms with Gasteiger partial charge in [0.1, 0.15) is 11.1 Å². The monoisotopic (exact) mass is 293 g/mol. The highest BCUT2D eigenvalue weighted by atomic mass is 32.1. The molecule has 0 radical (unpaired) electrons. The lowest BCUT2D eigenvalue weighted by atomic mass is 10.0. The quantitative estimate of drug-likeness (QED) is 0.865. The summed E-state index contributed by atoms with van der Waals surface area (Å²) in [5.74, 6) is 0.255. The van der Waals surface area contributed by atoms with Crippen LogP contribution in [-0.2, 0) is 4.79 Å². The van der Waals surface area contributed by atoms with Crippen molar-refractivity contribution in [2.45, 2.75) is 25.9 Å². The van der Waals surface area contributed by atoms with Crippen molar-refractivity contribution >= 4 is 22.2 Å². The molecule has 1 fully saturated rings. The van der Waals surface area contributed by atoms with Crippen molar-refractivity contribution < 1.29 is 9.90 Å². The van der Waals surface area contributed by atoms with Gasteiger partial charge >= 0.3 is 0 Å². The maximum Gasteiger partial charge on any atom is 0.226 e. The maximum atomic E-state index is 11.9. The molecule has 0 aromatic carbocycles. The molecule has 2 heterocycles. The molecule has 20 heavy (non-hydrogen) atoms. The number of hydrogen-bond donors (Lipinski definition) is 2. The molecule has 6 heteroatoms. The van der Waals surface area contributed by atoms with E-state index in [0.29, 0.717) is 29.4 Å². The molecule has 1 aliphatic heterocycles. The van der Waals surface area contributed by atoms with Crippen LogP contribution in [0.4, 0.5) is 5.00 Å². The van der Waals surface area contributed by atoms with Gasteiger partial charge in [-0.3, -0.25) is 4.79 Å². The summed E-state index contributed by atoms with van der Waals surface area (Å²) in [5.41, 5.74) is 0.513. The molecule has 2 atom stereocenters. The number of amides is 1. The van der Waals surface area contributed by atoms with E-state index >= 15 is 0 Å². The summed E-state index contributed by atoms with van der Waals surface area (Å²) in [6.07, 6.45) is 1.12. The maximum absolute atomic E-state index is 11.9. The molecule has 2 unspecified atom stereocenters. The number of hydrogen-bond acceptors (Lipinski definition) is 5. The van der Waals surface area contributed by atoms with Gasteiger partial charge in [-0.25, -0.2) is 0 Å². The van der Waals surface area contributed by atoms with Gasteiger partial charge in [0.2, 0.25) is 5.91 Å². The molecule has 108 valence electrons. The van der Waals surface area contributed by atoms with E-state index in [2.05, 4.69) is 16.3 Å². The van der Waals surface area contributed by atoms with Crippen molar-refractivity contribution in [2.24, 2.45) is 5.92 Å². The molecule has 5 nitrogen and oxygen atoms in total. The summed E-state index contributed by atoms with van der Waals surface area (Å²) < 4.78 is 0. The Hall–Kier alpha value is -1.42. The fraction of sp³-hybridized carbons (Fsp3) is 0.571. The summed E-state index contributed by atoms with van der Waals surface area (Å²) in [4.78, 5) is 14.1. The summed E-state index contributed by atoms with van der Waals surface area (Å²) in [7, 11) is 0. The van der Waals surface area contributed by atoms with Crippen molar-refractivity contribution in [3.63, 3.8) is 0 Å². The Kier molecular flexibility index (Phi) is 5.12. The van der Waals surface area contributed by atoms with Crippen LogP contribution in [0.15, 0.2) is 11.4 Å². The first-order chi connectivity index (χ1) is 9.60. The second kappa shape index (κ2) is 6.84. The van der Waals surface area contributed by atoms with E-state index in [-0.39, 0.29) is 12.0 Å². The number of thiophene rings is 1. The van der Waals surface area contributed by atoms with Crippen molar-refractivity contribution in [1.82, 2.24) is 4.90 Å². The molecule has 1 amide bonds. The van der Waals surface area contributed by atoms with E-state index < -0.39 is 0 Å². The SMILES string of the molecule is CC(O)C1CCN(CCC(=O)Nc2sccc2C#N)C1. The Labute approximate surface area is 122 Å². The minimum absolute atomic E-state index is 0.0653. The van der Waals surface area contributed by atoms with Crippen LogP contribution in [0.25, 0.3) is 0 Å². The van der Waals surface area contributed by atoms with E-state index in [9.17, 15) is 9.90 Å². The molecule has 1 aromatic heterocycles. The number of nitrogens with one attached hydrogen (secondary N) is 1. The lowest BCUT2D eigenvalue weighted by molar-refractivity contribution is -0.116. The van der Waals surface area contributed by atoms with E-state index in [1.165, 1.54) is 11.3 Å². The fourth-order valence-corrected chi connectivity index (χ4v) is 3.16. The molecule has 1 aromatic rings. The highest BCUT2D eigenvalue weighted by Crippen LogP contribution is 2.23. The number of carbonyl (C=O) groups excluding carboxylic acids is 1. The molecule has 2 rings (SSSR count). The van der Waals surface area contributed by atoms with Crippen LogP contribution in [0.1, 0.15) is 25.3 Å². The van der Waals surface area contributed by atoms with Gasteiger partial charge in [0.25, 0.3) is 0 Å². The third-order valence-electron chi connectivity index (χ3n) is 3.68. The van der Waals surface area contributed by atoms with Crippen molar-refractivity contribution in [3.05, 3.63) is 17.0 Å². The van der Waals surface area contributed by atoms with Crippen molar-refractivity contribution in [1.29, 1.82) is 5.26 Å². The molecule has 2 N–H and O–H groups in total. The van der Waals surface area contributed by atoms with Crippen LogP contribution in [-0.4, -0.2) is 41.7 Å². The number of likely N-dealkylation sites (tertiary alicyclic amines) is 1. The summed E-state index contributed by atoms with van der Waals surface area (Å²) in [6.45, 7) is 4.31. The summed E-state index contributed by atoms with van der Waals surface area (Å²) >= 11 is 1.36. The first-order valence-electron chi connectivity index (χ1n) is 6.78. The van der Waals surface area contributed by atoms with Crippen LogP contribution >= 0.6 is 11.3 Å². The smallest absolute Gasteiger partial charge is 0.226 e. The van der Waals surface area contributed by atoms with E-state index in [1.54, 1.807) is 11.4 Å². The first kappa shape index (κ1) is 15.0. The van der Waals surface area contributed by atoms with Gasteiger partial charge in [-0.2, -0.15) is 5.26 Å². The van der Waals surface area contributed by atoms with Crippen LogP contribution in [0.3, 0.4) is 0 Å². The standard InChI is InChI=1S/C14H19N3O2S/c1-10(18)12-2-5-17(9-12)6-3-13(19)16-14-11(8-15)4-7-20-14/h4,7,10,12,18H,2-3,5-6,9H2,1H3,(H,16,19). The predicted molar refractivity (Wildman–Crippen MR) is 78.5 cm³/mol. The van der Waals surface area contributed by atoms with E-state index in [4.69, 9.17) is 5.26 Å². The molecular weight excluding hydrogens is 274 g/mol. The Morgan fingerprint density at radius 2 is 2.55 bits per heavy atom. The Morgan fingerprint density at radius 3 is 3.20 bits per heavy atom. The Bertz CT molecular complexity index is 507. The highest BCUT2D eigenvalue weighted by molar-refractivity contribution is 7.14. The minimum Gasteiger partial charge on any atom is -0.393 e. The predicted octanol–water partition coefficient (Wildman–Crippen LogP) is 1.65. The molecule has 1 saturated heterocycles. The zero-order valence-electron chi connectivity index (χ0n) is 11.5. The normalized spacial score (nSPS) is 20.6. The van der Waals surface area contributed by atoms with Crippen LogP contribution in [0, 0.1) is 17.2 Å². The lowest BCUT2D eigenvalue weighted by Gasteiger charge is -2.16. The number of carbonyl (C=O) groups is 1. The summed E-state index contributed by atoms with van der Waals surface area (Å²) in [5, 5.41) is 23.6. The third kappa shape index (κ3) is 3.79. The molecular formula is C14H19N3O2S. The van der Waals surface area contributed by atoms with Gasteiger partial charge in [0, 0.05) is 19.5 Å². The summed E-state index contributed by atoms with van der Waals surface area (Å²) in [6, 6.07) is 3.76. The van der Waals surface area contributed by atoms with Gasteiger partial charge in [-0.15, -0.1) is 11.3 Å². The largest absolute Gasteiger partial charge is 0.393 e. The van der Waals surface area contributed by atoms with E-state index in [1.807, 2.05) is 6.92 Å². The van der Waals surface area contributed by atoms with Gasteiger partial charge in [0.15, 0.2) is 0 Å². The van der Waals surface area contributed by atoms with Gasteiger partial charge in [-0.1, -0.05) is 0 Å². The van der Waals surface area contributed by atoms with Crippen LogP contribution in [0.5, 0.6) is 0 Å². The average Bonchev–Trinajstić information content (AvgIpc) is 3.04. The average molecular weight is 293 g/mol. The number of nitrogens with zero attached hydrogens (tertiary/aromatic N) is 2. The Morgan fingerprint density at radius 1 is 1.75 bits per heavy atom. The number of aliphatic hydroxyl groups is 1. The molecule has 0 aliphatic carbocycles. The molecule has 0 bridgehead atoms. The number of aliphatic hydroxyl groups excluding tert-OH is 1. The van der Waals surface area contributed by atoms with Gasteiger partial charge in [0.05, 0.1) is 11.7 Å². The van der Waals surface area contributed by atoms with Crippen molar-refractivity contribution in [3.8, 4) is 6.07 Å². The molecule has 0 saturated carbocycles. The number of anilines is 1. The fourth-order valence-electron chi connectivity index (χ4n) is 2.40. The van der Waals surface area contributed by atoms with Crippen LogP contribution < -0.4 is 5.32 Å². The molecule has 1 aliphatic rings. The minimum atomic E-state index is -0.280. The van der Waals surface area contributed by atoms with Crippen molar-refractivity contribution in [2.75, 3.05) is 25.0 Å². The Balaban J connectivity index is 1.75. The third-order valence-corrected chi connectivity index (χ3v) is 4.51. The second-order valence-corrected chi connectivity index (χ2v) is 6.08. The van der Waals surface area contributed by atoms with Crippen LogP contribution in [0.2, 0.25) is 0 Å². The first-order valence-corrected chi connectivity index (χ1v) is 7.66. The van der Waals surface area contributed by atoms with Gasteiger partial charge in [-0.05, 0) is 37.3 Å². The number of nitriles is 1. The zero-order chi connectivity index (χ0) is 14.5. The number of rotatable bonds is 5. The van der Waals surface area contributed by atoms with Gasteiger partial charge < -0.3 is 15.3 Å². The topological polar surface area (TPSA) is 76.4 Å². The highest BCUT2D eigenvalue weighted by Gasteiger charge is 2.25. The second-order valence-electron chi connectivity index (χ2n) is 5.16. The molecule has 0 spiro atoms. The zero-order valence-corrected chi connectivity index (χ0v) is 12.3.